The molecule has 1 unspecified atom stereocenters. The summed E-state index contributed by atoms with van der Waals surface area (Å²) in [5, 5.41) is 3.84. The zero-order valence-corrected chi connectivity index (χ0v) is 13.8. The Morgan fingerprint density at radius 3 is 2.79 bits per heavy atom. The van der Waals surface area contributed by atoms with Crippen LogP contribution in [0.25, 0.3) is 0 Å². The van der Waals surface area contributed by atoms with Crippen LogP contribution in [0.15, 0.2) is 0 Å². The summed E-state index contributed by atoms with van der Waals surface area (Å²) in [6, 6.07) is -1.81. The maximum Gasteiger partial charge on any atom is 0.418 e. The third-order valence-corrected chi connectivity index (χ3v) is 4.85. The van der Waals surface area contributed by atoms with E-state index in [9.17, 15) is 18.0 Å². The maximum absolute atomic E-state index is 12.4. The first-order chi connectivity index (χ1) is 11.3. The molecule has 0 aromatic rings. The van der Waals surface area contributed by atoms with Crippen LogP contribution in [0.5, 0.6) is 0 Å². The molecule has 136 valence electrons. The molecule has 0 aromatic heterocycles. The Morgan fingerprint density at radius 1 is 1.33 bits per heavy atom. The van der Waals surface area contributed by atoms with Crippen LogP contribution in [0.2, 0.25) is 0 Å². The minimum absolute atomic E-state index is 0.132. The molecule has 3 aliphatic heterocycles. The van der Waals surface area contributed by atoms with Gasteiger partial charge in [0.15, 0.2) is 0 Å². The number of hydrazine groups is 1. The third kappa shape index (κ3) is 3.78. The van der Waals surface area contributed by atoms with E-state index in [2.05, 4.69) is 20.5 Å². The van der Waals surface area contributed by atoms with Crippen LogP contribution in [0, 0.1) is 0 Å². The summed E-state index contributed by atoms with van der Waals surface area (Å²) in [4.78, 5) is 25.8. The fraction of sp³-hybridized carbons (Fsp3) is 0.833. The standard InChI is InChI=1S/C12H21N5O6S/c18-11(15-14-8-2-1-5-13-6-8)10-4-3-9-7-16(10)12(19)17(9)23-24(20,21)22/h8-10,13-14H,1-7H2,(H,15,18)(H,20,21,22)/t8?,9-,10+/m1/s1. The van der Waals surface area contributed by atoms with Crippen molar-refractivity contribution >= 4 is 22.3 Å². The van der Waals surface area contributed by atoms with Crippen molar-refractivity contribution in [3.63, 3.8) is 0 Å². The molecule has 0 radical (unpaired) electrons. The Hall–Kier alpha value is -1.47. The molecule has 12 heteroatoms. The summed E-state index contributed by atoms with van der Waals surface area (Å²) < 4.78 is 34.8. The fourth-order valence-electron chi connectivity index (χ4n) is 3.34. The van der Waals surface area contributed by atoms with Gasteiger partial charge in [-0.15, -0.1) is 4.28 Å². The number of nitrogens with zero attached hydrogens (tertiary/aromatic N) is 2. The molecular weight excluding hydrogens is 342 g/mol. The van der Waals surface area contributed by atoms with Gasteiger partial charge in [0.2, 0.25) is 0 Å². The normalized spacial score (nSPS) is 30.5. The van der Waals surface area contributed by atoms with Gasteiger partial charge in [-0.1, -0.05) is 0 Å². The summed E-state index contributed by atoms with van der Waals surface area (Å²) in [5.74, 6) is -0.346. The van der Waals surface area contributed by atoms with Crippen molar-refractivity contribution in [2.75, 3.05) is 19.6 Å². The topological polar surface area (TPSA) is 140 Å². The number of carbonyl (C=O) groups excluding carboxylic acids is 2. The summed E-state index contributed by atoms with van der Waals surface area (Å²) in [5.41, 5.74) is 5.60. The quantitative estimate of drug-likeness (QED) is 0.337. The average molecular weight is 363 g/mol. The van der Waals surface area contributed by atoms with Crippen LogP contribution in [-0.4, -0.2) is 72.6 Å². The van der Waals surface area contributed by atoms with Crippen molar-refractivity contribution in [2.45, 2.75) is 43.8 Å². The van der Waals surface area contributed by atoms with Gasteiger partial charge in [0, 0.05) is 19.1 Å². The molecule has 0 aliphatic carbocycles. The molecule has 3 atom stereocenters. The maximum atomic E-state index is 12.4. The Morgan fingerprint density at radius 2 is 2.12 bits per heavy atom. The van der Waals surface area contributed by atoms with Crippen LogP contribution < -0.4 is 16.2 Å². The lowest BCUT2D eigenvalue weighted by molar-refractivity contribution is -0.127. The molecule has 2 bridgehead atoms. The smallest absolute Gasteiger partial charge is 0.315 e. The highest BCUT2D eigenvalue weighted by Crippen LogP contribution is 2.30. The minimum atomic E-state index is -4.78. The van der Waals surface area contributed by atoms with Crippen molar-refractivity contribution in [3.8, 4) is 0 Å². The fourth-order valence-corrected chi connectivity index (χ4v) is 3.72. The zero-order valence-electron chi connectivity index (χ0n) is 13.0. The highest BCUT2D eigenvalue weighted by atomic mass is 32.3. The first-order valence-electron chi connectivity index (χ1n) is 7.88. The van der Waals surface area contributed by atoms with E-state index in [1.807, 2.05) is 0 Å². The second kappa shape index (κ2) is 6.80. The number of hydrogen-bond donors (Lipinski definition) is 4. The van der Waals surface area contributed by atoms with Gasteiger partial charge < -0.3 is 10.2 Å². The molecule has 11 nitrogen and oxygen atoms in total. The number of urea groups is 1. The van der Waals surface area contributed by atoms with Crippen LogP contribution in [-0.2, 0) is 19.5 Å². The van der Waals surface area contributed by atoms with E-state index in [4.69, 9.17) is 4.55 Å². The van der Waals surface area contributed by atoms with Crippen molar-refractivity contribution in [3.05, 3.63) is 0 Å². The van der Waals surface area contributed by atoms with Gasteiger partial charge in [-0.2, -0.15) is 13.5 Å². The largest absolute Gasteiger partial charge is 0.418 e. The summed E-state index contributed by atoms with van der Waals surface area (Å²) in [6.07, 6.45) is 2.75. The highest BCUT2D eigenvalue weighted by molar-refractivity contribution is 7.80. The van der Waals surface area contributed by atoms with E-state index in [1.165, 1.54) is 4.90 Å². The molecule has 3 aliphatic rings. The van der Waals surface area contributed by atoms with E-state index >= 15 is 0 Å². The summed E-state index contributed by atoms with van der Waals surface area (Å²) >= 11 is 0. The van der Waals surface area contributed by atoms with Gasteiger partial charge in [-0.3, -0.25) is 14.8 Å². The number of hydroxylamine groups is 2. The van der Waals surface area contributed by atoms with Crippen molar-refractivity contribution in [1.29, 1.82) is 0 Å². The number of hydrogen-bond acceptors (Lipinski definition) is 7. The van der Waals surface area contributed by atoms with E-state index < -0.39 is 28.5 Å². The molecule has 0 saturated carbocycles. The van der Waals surface area contributed by atoms with Crippen molar-refractivity contribution in [2.24, 2.45) is 0 Å². The van der Waals surface area contributed by atoms with E-state index in [1.54, 1.807) is 0 Å². The van der Waals surface area contributed by atoms with Gasteiger partial charge in [-0.25, -0.2) is 10.2 Å². The second-order valence-electron chi connectivity index (χ2n) is 6.19. The third-order valence-electron chi connectivity index (χ3n) is 4.50. The monoisotopic (exact) mass is 363 g/mol. The van der Waals surface area contributed by atoms with E-state index in [0.717, 1.165) is 25.9 Å². The lowest BCUT2D eigenvalue weighted by atomic mass is 10.0. The molecule has 3 rings (SSSR count). The van der Waals surface area contributed by atoms with Crippen LogP contribution >= 0.6 is 0 Å². The molecule has 3 amide bonds. The lowest BCUT2D eigenvalue weighted by Crippen LogP contribution is -2.57. The molecule has 0 spiro atoms. The van der Waals surface area contributed by atoms with Crippen LogP contribution in [0.4, 0.5) is 4.79 Å². The van der Waals surface area contributed by atoms with Crippen LogP contribution in [0.1, 0.15) is 25.7 Å². The van der Waals surface area contributed by atoms with Gasteiger partial charge in [0.05, 0.1) is 6.04 Å². The Kier molecular flexibility index (Phi) is 4.92. The van der Waals surface area contributed by atoms with Gasteiger partial charge in [0.1, 0.15) is 6.04 Å². The van der Waals surface area contributed by atoms with Crippen LogP contribution in [0.3, 0.4) is 0 Å². The van der Waals surface area contributed by atoms with E-state index in [0.29, 0.717) is 17.9 Å². The first-order valence-corrected chi connectivity index (χ1v) is 9.24. The first kappa shape index (κ1) is 17.4. The number of carbonyl (C=O) groups is 2. The average Bonchev–Trinajstić information content (AvgIpc) is 2.77. The number of piperidine rings is 2. The van der Waals surface area contributed by atoms with Gasteiger partial charge in [0.25, 0.3) is 5.91 Å². The molecule has 4 N–H and O–H groups in total. The molecule has 24 heavy (non-hydrogen) atoms. The summed E-state index contributed by atoms with van der Waals surface area (Å²) in [6.45, 7) is 1.89. The predicted molar refractivity (Wildman–Crippen MR) is 80.6 cm³/mol. The Bertz CT molecular complexity index is 607. The zero-order chi connectivity index (χ0) is 17.3. The lowest BCUT2D eigenvalue weighted by Gasteiger charge is -2.30. The number of fused-ring (bicyclic) bond motifs is 2. The Labute approximate surface area is 139 Å². The molecule has 0 aromatic carbocycles. The van der Waals surface area contributed by atoms with Crippen molar-refractivity contribution in [1.82, 2.24) is 26.1 Å². The molecule has 3 saturated heterocycles. The SMILES string of the molecule is O=C(NNC1CCCNC1)[C@@H]1CC[C@@H]2CN1C(=O)N2OS(=O)(=O)O. The highest BCUT2D eigenvalue weighted by Gasteiger charge is 2.49. The second-order valence-corrected chi connectivity index (χ2v) is 7.19. The molecule has 3 fully saturated rings. The number of nitrogens with one attached hydrogen (secondary N) is 3. The Balaban J connectivity index is 1.58. The number of rotatable bonds is 5. The predicted octanol–water partition coefficient (Wildman–Crippen LogP) is -1.64. The number of amides is 3. The van der Waals surface area contributed by atoms with E-state index in [-0.39, 0.29) is 18.5 Å². The molecular formula is C12H21N5O6S. The minimum Gasteiger partial charge on any atom is -0.315 e. The van der Waals surface area contributed by atoms with Gasteiger partial charge in [-0.05, 0) is 32.2 Å². The molecule has 3 heterocycles. The summed E-state index contributed by atoms with van der Waals surface area (Å²) in [7, 11) is -4.78. The van der Waals surface area contributed by atoms with Crippen molar-refractivity contribution < 1.29 is 26.8 Å². The van der Waals surface area contributed by atoms with Gasteiger partial charge >= 0.3 is 16.4 Å².